The number of unbranched alkanes of at least 4 members (excludes halogenated alkanes) is 39. The second-order valence-electron chi connectivity index (χ2n) is 29.3. The van der Waals surface area contributed by atoms with E-state index in [1.807, 2.05) is 0 Å². The molecule has 0 aliphatic rings. The molecule has 95 heavy (non-hydrogen) atoms. The first-order valence-electron chi connectivity index (χ1n) is 39.2. The predicted octanol–water partition coefficient (Wildman–Crippen LogP) is 22.0. The molecule has 0 fully saturated rings. The highest BCUT2D eigenvalue weighted by molar-refractivity contribution is 7.47. The van der Waals surface area contributed by atoms with E-state index in [1.54, 1.807) is 0 Å². The van der Waals surface area contributed by atoms with Gasteiger partial charge < -0.3 is 33.8 Å². The fraction of sp³-hybridized carbons (Fsp3) is 0.947. The van der Waals surface area contributed by atoms with Gasteiger partial charge in [0.15, 0.2) is 12.2 Å². The second kappa shape index (κ2) is 65.4. The minimum absolute atomic E-state index is 0.106. The summed E-state index contributed by atoms with van der Waals surface area (Å²) in [6.45, 7) is 14.2. The summed E-state index contributed by atoms with van der Waals surface area (Å²) in [5.74, 6) is 0.914. The van der Waals surface area contributed by atoms with Gasteiger partial charge in [0.2, 0.25) is 0 Å². The molecule has 0 aromatic rings. The normalized spacial score (nSPS) is 14.1. The van der Waals surface area contributed by atoms with Gasteiger partial charge in [0.1, 0.15) is 19.3 Å². The Bertz CT molecular complexity index is 1870. The Morgan fingerprint density at radius 1 is 0.263 bits per heavy atom. The van der Waals surface area contributed by atoms with Gasteiger partial charge >= 0.3 is 39.5 Å². The van der Waals surface area contributed by atoms with Crippen molar-refractivity contribution in [1.82, 2.24) is 0 Å². The number of carbonyl (C=O) groups is 4. The number of hydrogen-bond donors (Lipinski definition) is 3. The van der Waals surface area contributed by atoms with Gasteiger partial charge in [-0.15, -0.1) is 0 Å². The lowest BCUT2D eigenvalue weighted by Gasteiger charge is -2.21. The molecule has 0 aliphatic heterocycles. The van der Waals surface area contributed by atoms with Crippen LogP contribution in [0.5, 0.6) is 0 Å². The van der Waals surface area contributed by atoms with Crippen LogP contribution < -0.4 is 0 Å². The van der Waals surface area contributed by atoms with Gasteiger partial charge in [0, 0.05) is 25.7 Å². The van der Waals surface area contributed by atoms with Crippen molar-refractivity contribution in [2.75, 3.05) is 39.6 Å². The van der Waals surface area contributed by atoms with Crippen molar-refractivity contribution in [3.05, 3.63) is 0 Å². The van der Waals surface area contributed by atoms with Crippen LogP contribution in [0, 0.1) is 23.7 Å². The maximum absolute atomic E-state index is 13.1. The topological polar surface area (TPSA) is 237 Å². The van der Waals surface area contributed by atoms with E-state index in [2.05, 4.69) is 55.4 Å². The quantitative estimate of drug-likeness (QED) is 0.0222. The van der Waals surface area contributed by atoms with Crippen LogP contribution in [0.2, 0.25) is 0 Å². The molecular formula is C76H148O17P2. The zero-order valence-corrected chi connectivity index (χ0v) is 64.1. The van der Waals surface area contributed by atoms with E-state index in [1.165, 1.54) is 180 Å². The Hall–Kier alpha value is -1.94. The van der Waals surface area contributed by atoms with Crippen LogP contribution in [0.3, 0.4) is 0 Å². The lowest BCUT2D eigenvalue weighted by atomic mass is 10.0. The van der Waals surface area contributed by atoms with Gasteiger partial charge in [-0.3, -0.25) is 37.3 Å². The fourth-order valence-electron chi connectivity index (χ4n) is 11.6. The molecule has 0 aliphatic carbocycles. The number of phosphoric ester groups is 2. The second-order valence-corrected chi connectivity index (χ2v) is 32.2. The zero-order valence-electron chi connectivity index (χ0n) is 62.3. The van der Waals surface area contributed by atoms with Crippen molar-refractivity contribution in [3.63, 3.8) is 0 Å². The SMILES string of the molecule is CC(C)CCCCCCCCCCCCCCCCC(=O)O[C@H](COC(=O)CCCCCCCCCC(C)C)COP(=O)(O)OCC(O)COP(=O)(O)OC[C@@H](COC(=O)CCCCCCCCCCCCC(C)C)OC(=O)CCCCCCCCCCCCCCC(C)C. The van der Waals surface area contributed by atoms with Gasteiger partial charge in [0.25, 0.3) is 0 Å². The molecule has 5 atom stereocenters. The Balaban J connectivity index is 5.25. The summed E-state index contributed by atoms with van der Waals surface area (Å²) in [5, 5.41) is 10.6. The van der Waals surface area contributed by atoms with Crippen LogP contribution in [0.25, 0.3) is 0 Å². The van der Waals surface area contributed by atoms with Crippen LogP contribution in [0.1, 0.15) is 383 Å². The minimum Gasteiger partial charge on any atom is -0.462 e. The van der Waals surface area contributed by atoms with E-state index >= 15 is 0 Å². The Morgan fingerprint density at radius 2 is 0.442 bits per heavy atom. The van der Waals surface area contributed by atoms with E-state index in [9.17, 15) is 43.2 Å². The van der Waals surface area contributed by atoms with Gasteiger partial charge in [0.05, 0.1) is 26.4 Å². The summed E-state index contributed by atoms with van der Waals surface area (Å²) in [7, 11) is -9.91. The molecule has 0 rings (SSSR count). The van der Waals surface area contributed by atoms with Crippen molar-refractivity contribution in [3.8, 4) is 0 Å². The lowest BCUT2D eigenvalue weighted by Crippen LogP contribution is -2.30. The van der Waals surface area contributed by atoms with Gasteiger partial charge in [-0.2, -0.15) is 0 Å². The van der Waals surface area contributed by atoms with Crippen molar-refractivity contribution >= 4 is 39.5 Å². The number of esters is 4. The summed E-state index contributed by atoms with van der Waals surface area (Å²) in [6, 6.07) is 0. The van der Waals surface area contributed by atoms with Gasteiger partial charge in [-0.1, -0.05) is 331 Å². The molecule has 0 aromatic carbocycles. The van der Waals surface area contributed by atoms with E-state index in [4.69, 9.17) is 37.0 Å². The predicted molar refractivity (Wildman–Crippen MR) is 386 cm³/mol. The molecule has 0 heterocycles. The van der Waals surface area contributed by atoms with E-state index in [0.29, 0.717) is 31.6 Å². The van der Waals surface area contributed by atoms with Crippen LogP contribution in [0.4, 0.5) is 0 Å². The molecule has 19 heteroatoms. The number of rotatable bonds is 73. The zero-order chi connectivity index (χ0) is 70.3. The summed E-state index contributed by atoms with van der Waals surface area (Å²) < 4.78 is 68.5. The number of phosphoric acid groups is 2. The number of aliphatic hydroxyl groups excluding tert-OH is 1. The number of ether oxygens (including phenoxy) is 4. The maximum atomic E-state index is 13.1. The smallest absolute Gasteiger partial charge is 0.462 e. The summed E-state index contributed by atoms with van der Waals surface area (Å²) in [4.78, 5) is 72.8. The fourth-order valence-corrected chi connectivity index (χ4v) is 13.1. The van der Waals surface area contributed by atoms with Crippen LogP contribution in [-0.4, -0.2) is 96.7 Å². The third-order valence-corrected chi connectivity index (χ3v) is 19.5. The molecular weight excluding hydrogens is 1250 g/mol. The van der Waals surface area contributed by atoms with Crippen molar-refractivity contribution in [2.24, 2.45) is 23.7 Å². The molecule has 0 saturated carbocycles. The first-order valence-corrected chi connectivity index (χ1v) is 42.2. The number of carbonyl (C=O) groups excluding carboxylic acids is 4. The first kappa shape index (κ1) is 93.1. The average molecular weight is 1400 g/mol. The average Bonchev–Trinajstić information content (AvgIpc) is 2.16. The maximum Gasteiger partial charge on any atom is 0.472 e. The molecule has 0 bridgehead atoms. The highest BCUT2D eigenvalue weighted by atomic mass is 31.2. The first-order chi connectivity index (χ1) is 45.6. The van der Waals surface area contributed by atoms with E-state index in [-0.39, 0.29) is 25.7 Å². The molecule has 0 aromatic heterocycles. The van der Waals surface area contributed by atoms with Gasteiger partial charge in [-0.05, 0) is 49.4 Å². The third-order valence-electron chi connectivity index (χ3n) is 17.6. The molecule has 0 saturated heterocycles. The highest BCUT2D eigenvalue weighted by Gasteiger charge is 2.30. The molecule has 3 unspecified atom stereocenters. The van der Waals surface area contributed by atoms with Gasteiger partial charge in [-0.25, -0.2) is 9.13 Å². The number of aliphatic hydroxyl groups is 1. The Labute approximate surface area is 581 Å². The molecule has 0 amide bonds. The van der Waals surface area contributed by atoms with Crippen molar-refractivity contribution in [2.45, 2.75) is 401 Å². The standard InChI is InChI=1S/C76H148O17P2/c1-66(2)52-44-36-28-21-15-11-9-10-12-17-25-33-42-50-58-75(80)93-72(63-87-74(79)57-49-41-35-27-31-39-47-55-69(7)8)65-91-95(84,85)89-61-70(77)60-88-94(82,83)90-64-71(62-86-73(78)56-48-40-32-24-20-19-23-30-38-46-54-68(5)6)92-76(81)59-51-43-34-26-18-14-13-16-22-29-37-45-53-67(3)4/h66-72,77H,9-65H2,1-8H3,(H,82,83)(H,84,85)/t70?,71-,72-/m1/s1. The molecule has 3 N–H and O–H groups in total. The van der Waals surface area contributed by atoms with Crippen LogP contribution >= 0.6 is 15.6 Å². The Morgan fingerprint density at radius 3 is 0.653 bits per heavy atom. The third kappa shape index (κ3) is 70.3. The summed E-state index contributed by atoms with van der Waals surface area (Å²) in [6.07, 6.45) is 50.0. The van der Waals surface area contributed by atoms with Crippen molar-refractivity contribution < 1.29 is 80.2 Å². The summed E-state index contributed by atoms with van der Waals surface area (Å²) >= 11 is 0. The largest absolute Gasteiger partial charge is 0.472 e. The molecule has 564 valence electrons. The minimum atomic E-state index is -4.96. The Kier molecular flexibility index (Phi) is 64.0. The number of hydrogen-bond acceptors (Lipinski definition) is 15. The van der Waals surface area contributed by atoms with Crippen molar-refractivity contribution in [1.29, 1.82) is 0 Å². The monoisotopic (exact) mass is 1400 g/mol. The van der Waals surface area contributed by atoms with Crippen LogP contribution in [-0.2, 0) is 65.4 Å². The molecule has 0 radical (unpaired) electrons. The highest BCUT2D eigenvalue weighted by Crippen LogP contribution is 2.45. The van der Waals surface area contributed by atoms with E-state index < -0.39 is 97.5 Å². The van der Waals surface area contributed by atoms with E-state index in [0.717, 1.165) is 114 Å². The molecule has 17 nitrogen and oxygen atoms in total. The van der Waals surface area contributed by atoms with Crippen LogP contribution in [0.15, 0.2) is 0 Å². The summed E-state index contributed by atoms with van der Waals surface area (Å²) in [5.41, 5.74) is 0. The molecule has 0 spiro atoms. The lowest BCUT2D eigenvalue weighted by molar-refractivity contribution is -0.161.